The number of rotatable bonds is 5. The van der Waals surface area contributed by atoms with Crippen molar-refractivity contribution in [2.24, 2.45) is 11.3 Å². The first-order chi connectivity index (χ1) is 22.2. The zero-order valence-corrected chi connectivity index (χ0v) is 26.1. The molecule has 2 aromatic heterocycles. The molecule has 4 aromatic rings. The van der Waals surface area contributed by atoms with Gasteiger partial charge in [-0.2, -0.15) is 5.26 Å². The highest BCUT2D eigenvalue weighted by Gasteiger charge is 2.54. The third-order valence-electron chi connectivity index (χ3n) is 9.92. The van der Waals surface area contributed by atoms with Crippen LogP contribution in [0.4, 0.5) is 25.3 Å². The van der Waals surface area contributed by atoms with Gasteiger partial charge in [-0.05, 0) is 62.1 Å². The molecule has 3 aliphatic heterocycles. The number of hydrogen-bond donors (Lipinski definition) is 1. The number of likely N-dealkylation sites (tertiary alicyclic amines) is 1. The number of anilines is 3. The van der Waals surface area contributed by atoms with Crippen molar-refractivity contribution in [1.29, 1.82) is 5.26 Å². The van der Waals surface area contributed by atoms with Gasteiger partial charge in [-0.15, -0.1) is 0 Å². The highest BCUT2D eigenvalue weighted by Crippen LogP contribution is 2.48. The van der Waals surface area contributed by atoms with E-state index in [1.165, 1.54) is 29.5 Å². The van der Waals surface area contributed by atoms with E-state index in [2.05, 4.69) is 16.0 Å². The molecule has 1 N–H and O–H groups in total. The van der Waals surface area contributed by atoms with Gasteiger partial charge < -0.3 is 24.5 Å². The van der Waals surface area contributed by atoms with Crippen LogP contribution in [0.1, 0.15) is 41.5 Å². The number of pyridine rings is 1. The lowest BCUT2D eigenvalue weighted by atomic mass is 9.72. The molecule has 12 heteroatoms. The highest BCUT2D eigenvalue weighted by molar-refractivity contribution is 7.16. The second-order valence-electron chi connectivity index (χ2n) is 13.0. The van der Waals surface area contributed by atoms with Gasteiger partial charge >= 0.3 is 0 Å². The number of carbonyl (C=O) groups is 1. The number of carbonyl (C=O) groups excluding carboxylic acids is 1. The highest BCUT2D eigenvalue weighted by atomic mass is 32.1. The van der Waals surface area contributed by atoms with Crippen LogP contribution in [0.3, 0.4) is 0 Å². The summed E-state index contributed by atoms with van der Waals surface area (Å²) in [6.07, 6.45) is 1.81. The molecular weight excluding hydrogens is 610 g/mol. The summed E-state index contributed by atoms with van der Waals surface area (Å²) in [4.78, 5) is 28.7. The monoisotopic (exact) mass is 642 g/mol. The smallest absolute Gasteiger partial charge is 0.225 e. The van der Waals surface area contributed by atoms with Crippen LogP contribution in [0, 0.1) is 34.3 Å². The molecule has 236 valence electrons. The quantitative estimate of drug-likeness (QED) is 0.312. The van der Waals surface area contributed by atoms with Crippen molar-refractivity contribution < 1.29 is 23.4 Å². The van der Waals surface area contributed by atoms with Crippen LogP contribution in [-0.2, 0) is 16.0 Å². The topological polar surface area (TPSA) is 106 Å². The van der Waals surface area contributed by atoms with E-state index < -0.39 is 11.9 Å². The van der Waals surface area contributed by atoms with E-state index in [4.69, 9.17) is 9.72 Å². The fourth-order valence-electron chi connectivity index (χ4n) is 7.55. The maximum atomic E-state index is 15.9. The number of halogens is 2. The Labute approximate surface area is 268 Å². The van der Waals surface area contributed by atoms with E-state index in [1.807, 2.05) is 22.9 Å². The number of hydrogen-bond acceptors (Lipinski definition) is 9. The minimum Gasteiger partial charge on any atom is -0.387 e. The Morgan fingerprint density at radius 2 is 1.85 bits per heavy atom. The Kier molecular flexibility index (Phi) is 6.97. The molecule has 0 unspecified atom stereocenters. The number of aliphatic hydroxyl groups is 1. The molecule has 3 fully saturated rings. The van der Waals surface area contributed by atoms with Gasteiger partial charge in [-0.25, -0.2) is 18.7 Å². The second-order valence-corrected chi connectivity index (χ2v) is 14.0. The molecule has 1 amide bonds. The Balaban J connectivity index is 1.11. The number of nitrogens with zero attached hydrogens (tertiary/aromatic N) is 6. The fraction of sp³-hybridized carbons (Fsp3) is 0.412. The summed E-state index contributed by atoms with van der Waals surface area (Å²) in [6.45, 7) is 4.19. The van der Waals surface area contributed by atoms with Crippen molar-refractivity contribution in [3.63, 3.8) is 0 Å². The average molecular weight is 643 g/mol. The van der Waals surface area contributed by atoms with Crippen LogP contribution >= 0.6 is 11.3 Å². The van der Waals surface area contributed by atoms with Crippen molar-refractivity contribution in [2.45, 2.75) is 31.8 Å². The van der Waals surface area contributed by atoms with E-state index in [0.29, 0.717) is 64.1 Å². The summed E-state index contributed by atoms with van der Waals surface area (Å²) < 4.78 is 34.9. The fourth-order valence-corrected chi connectivity index (χ4v) is 8.40. The van der Waals surface area contributed by atoms with Crippen LogP contribution in [-0.4, -0.2) is 72.3 Å². The summed E-state index contributed by atoms with van der Waals surface area (Å²) in [5, 5.41) is 21.8. The molecule has 46 heavy (non-hydrogen) atoms. The Bertz CT molecular complexity index is 1900. The van der Waals surface area contributed by atoms with Gasteiger partial charge in [0.05, 0.1) is 17.5 Å². The molecule has 5 heterocycles. The maximum Gasteiger partial charge on any atom is 0.225 e. The van der Waals surface area contributed by atoms with E-state index >= 15 is 4.39 Å². The van der Waals surface area contributed by atoms with Gasteiger partial charge in [0.2, 0.25) is 5.91 Å². The minimum absolute atomic E-state index is 0.0253. The van der Waals surface area contributed by atoms with Crippen molar-refractivity contribution in [3.8, 4) is 17.3 Å². The summed E-state index contributed by atoms with van der Waals surface area (Å²) >= 11 is 1.20. The zero-order chi connectivity index (χ0) is 31.7. The predicted octanol–water partition coefficient (Wildman–Crippen LogP) is 5.33. The van der Waals surface area contributed by atoms with Crippen LogP contribution in [0.15, 0.2) is 36.4 Å². The lowest BCUT2D eigenvalue weighted by Gasteiger charge is -2.61. The number of benzene rings is 2. The van der Waals surface area contributed by atoms with Crippen molar-refractivity contribution in [2.75, 3.05) is 56.2 Å². The number of aromatic nitrogens is 2. The lowest BCUT2D eigenvalue weighted by Crippen LogP contribution is -2.73. The molecule has 1 atom stereocenters. The number of fused-ring (bicyclic) bond motifs is 2. The van der Waals surface area contributed by atoms with E-state index in [1.54, 1.807) is 12.1 Å². The average Bonchev–Trinajstić information content (AvgIpc) is 3.63. The molecule has 0 bridgehead atoms. The number of thiazole rings is 1. The third-order valence-corrected chi connectivity index (χ3v) is 11.0. The molecular formula is C34H32F2N6O3S. The number of aliphatic hydroxyl groups excluding tert-OH is 1. The third kappa shape index (κ3) is 4.71. The molecule has 1 aliphatic carbocycles. The molecule has 2 aromatic carbocycles. The van der Waals surface area contributed by atoms with Crippen LogP contribution in [0.2, 0.25) is 0 Å². The van der Waals surface area contributed by atoms with Gasteiger partial charge in [0.15, 0.2) is 10.9 Å². The summed E-state index contributed by atoms with van der Waals surface area (Å²) in [5.74, 6) is -0.577. The summed E-state index contributed by atoms with van der Waals surface area (Å²) in [5.41, 5.74) is 4.01. The minimum atomic E-state index is -0.799. The first kappa shape index (κ1) is 29.2. The van der Waals surface area contributed by atoms with Crippen LogP contribution in [0.5, 0.6) is 0 Å². The maximum absolute atomic E-state index is 15.9. The molecule has 0 radical (unpaired) electrons. The summed E-state index contributed by atoms with van der Waals surface area (Å²) in [6, 6.07) is 11.5. The number of ether oxygens (including phenoxy) is 1. The van der Waals surface area contributed by atoms with Crippen molar-refractivity contribution in [3.05, 3.63) is 64.2 Å². The SMILES string of the molecule is CN(c1nc(-c2ccc(F)cc2)c(C#N)s1)c1c2c(nc3c(F)cc(N4CC5(CN(C(=O)C6CCOCC6)C5)C4)cc13)[C@@H](O)CC2. The molecule has 0 saturated carbocycles. The normalized spacial score (nSPS) is 20.4. The van der Waals surface area contributed by atoms with E-state index in [0.717, 1.165) is 50.3 Å². The zero-order valence-electron chi connectivity index (χ0n) is 25.3. The molecule has 1 spiro atoms. The summed E-state index contributed by atoms with van der Waals surface area (Å²) in [7, 11) is 1.83. The first-order valence-electron chi connectivity index (χ1n) is 15.6. The van der Waals surface area contributed by atoms with Crippen molar-refractivity contribution >= 4 is 44.7 Å². The number of nitriles is 1. The molecule has 8 rings (SSSR count). The van der Waals surface area contributed by atoms with Gasteiger partial charge in [0, 0.05) is 80.0 Å². The molecule has 4 aliphatic rings. The van der Waals surface area contributed by atoms with Gasteiger partial charge in [0.1, 0.15) is 28.0 Å². The van der Waals surface area contributed by atoms with E-state index in [-0.39, 0.29) is 28.6 Å². The first-order valence-corrected chi connectivity index (χ1v) is 16.4. The van der Waals surface area contributed by atoms with Gasteiger partial charge in [-0.1, -0.05) is 11.3 Å². The van der Waals surface area contributed by atoms with Crippen molar-refractivity contribution in [1.82, 2.24) is 14.9 Å². The Morgan fingerprint density at radius 1 is 1.11 bits per heavy atom. The standard InChI is InChI=1S/C34H32F2N6O3S/c1-40(33-39-28(27(14-37)46-33)19-2-4-21(35)5-3-19)31-23-6-7-26(43)30(23)38-29-24(31)12-22(13-25(29)36)41-15-34(16-41)17-42(18-34)32(44)20-8-10-45-11-9-20/h2-5,12-13,20,26,43H,6-11,15-18H2,1H3/t26-/m0/s1. The molecule has 9 nitrogen and oxygen atoms in total. The Morgan fingerprint density at radius 3 is 2.57 bits per heavy atom. The van der Waals surface area contributed by atoms with Crippen LogP contribution < -0.4 is 9.80 Å². The van der Waals surface area contributed by atoms with Crippen LogP contribution in [0.25, 0.3) is 22.2 Å². The largest absolute Gasteiger partial charge is 0.387 e. The Hall–Kier alpha value is -4.18. The lowest BCUT2D eigenvalue weighted by molar-refractivity contribution is -0.152. The molecule has 3 saturated heterocycles. The van der Waals surface area contributed by atoms with Gasteiger partial charge in [0.25, 0.3) is 0 Å². The van der Waals surface area contributed by atoms with Gasteiger partial charge in [-0.3, -0.25) is 4.79 Å². The number of amides is 1. The predicted molar refractivity (Wildman–Crippen MR) is 170 cm³/mol. The second kappa shape index (κ2) is 11.0. The van der Waals surface area contributed by atoms with E-state index in [9.17, 15) is 19.6 Å².